The lowest BCUT2D eigenvalue weighted by molar-refractivity contribution is -0.118. The molecule has 2 aromatic heterocycles. The molecule has 0 unspecified atom stereocenters. The van der Waals surface area contributed by atoms with Gasteiger partial charge in [0.15, 0.2) is 12.4 Å². The number of thiophene rings is 1. The molecule has 0 saturated carbocycles. The highest BCUT2D eigenvalue weighted by Crippen LogP contribution is 2.35. The summed E-state index contributed by atoms with van der Waals surface area (Å²) in [6.45, 7) is 2.70. The molecule has 0 fully saturated rings. The second-order valence-electron chi connectivity index (χ2n) is 8.50. The highest BCUT2D eigenvalue weighted by atomic mass is 35.5. The van der Waals surface area contributed by atoms with Crippen molar-refractivity contribution in [3.8, 4) is 22.8 Å². The molecule has 0 radical (unpaired) electrons. The van der Waals surface area contributed by atoms with Crippen LogP contribution in [0, 0.1) is 13.8 Å². The fourth-order valence-electron chi connectivity index (χ4n) is 3.90. The van der Waals surface area contributed by atoms with E-state index in [4.69, 9.17) is 35.0 Å². The lowest BCUT2D eigenvalue weighted by atomic mass is 10.1. The number of ether oxygens (including phenoxy) is 4. The fraction of sp³-hybridized carbons (Fsp3) is 0.214. The highest BCUT2D eigenvalue weighted by Gasteiger charge is 2.27. The Balaban J connectivity index is 1.71. The smallest absolute Gasteiger partial charge is 0.348 e. The monoisotopic (exact) mass is 585 g/mol. The maximum absolute atomic E-state index is 13.5. The number of carbonyl (C=O) groups is 3. The predicted octanol–water partition coefficient (Wildman–Crippen LogP) is 5.39. The number of carbonyl (C=O) groups excluding carboxylic acids is 3. The third-order valence-corrected chi connectivity index (χ3v) is 7.58. The van der Waals surface area contributed by atoms with Crippen LogP contribution in [-0.4, -0.2) is 45.8 Å². The van der Waals surface area contributed by atoms with E-state index >= 15 is 0 Å². The van der Waals surface area contributed by atoms with E-state index in [1.165, 1.54) is 34.3 Å². The number of fused-ring (bicyclic) bond motifs is 1. The van der Waals surface area contributed by atoms with Crippen molar-refractivity contribution in [2.45, 2.75) is 13.8 Å². The molecule has 0 aliphatic heterocycles. The molecule has 0 aliphatic rings. The van der Waals surface area contributed by atoms with Gasteiger partial charge in [0, 0.05) is 10.6 Å². The van der Waals surface area contributed by atoms with E-state index < -0.39 is 29.9 Å². The first kappa shape index (κ1) is 28.7. The molecule has 0 bridgehead atoms. The Morgan fingerprint density at radius 2 is 1.68 bits per heavy atom. The Labute approximate surface area is 237 Å². The molecule has 208 valence electrons. The van der Waals surface area contributed by atoms with Gasteiger partial charge in [-0.15, -0.1) is 11.3 Å². The summed E-state index contributed by atoms with van der Waals surface area (Å²) >= 11 is 7.11. The summed E-state index contributed by atoms with van der Waals surface area (Å²) < 4.78 is 26.6. The zero-order chi connectivity index (χ0) is 29.1. The summed E-state index contributed by atoms with van der Waals surface area (Å²) in [5, 5.41) is 3.17. The number of aryl methyl sites for hydroxylation is 1. The Morgan fingerprint density at radius 1 is 1.00 bits per heavy atom. The van der Waals surface area contributed by atoms with Crippen LogP contribution in [-0.2, 0) is 14.3 Å². The van der Waals surface area contributed by atoms with Gasteiger partial charge in [0.05, 0.1) is 32.3 Å². The van der Waals surface area contributed by atoms with E-state index in [2.05, 4.69) is 5.32 Å². The molecule has 40 heavy (non-hydrogen) atoms. The molecular formula is C28H24ClNO9S. The highest BCUT2D eigenvalue weighted by molar-refractivity contribution is 7.18. The van der Waals surface area contributed by atoms with Gasteiger partial charge in [0.1, 0.15) is 21.2 Å². The number of methoxy groups -OCH3 is 3. The Bertz CT molecular complexity index is 1690. The summed E-state index contributed by atoms with van der Waals surface area (Å²) in [5.41, 5.74) is 1.29. The Morgan fingerprint density at radius 3 is 2.30 bits per heavy atom. The van der Waals surface area contributed by atoms with E-state index in [1.54, 1.807) is 37.3 Å². The van der Waals surface area contributed by atoms with Crippen molar-refractivity contribution < 1.29 is 37.7 Å². The Hall–Kier alpha value is -4.35. The minimum absolute atomic E-state index is 0.00963. The average Bonchev–Trinajstić information content (AvgIpc) is 3.27. The normalized spacial score (nSPS) is 10.8. The molecule has 1 amide bonds. The van der Waals surface area contributed by atoms with Crippen LogP contribution in [0.15, 0.2) is 45.6 Å². The van der Waals surface area contributed by atoms with Crippen molar-refractivity contribution in [2.24, 2.45) is 0 Å². The van der Waals surface area contributed by atoms with Crippen molar-refractivity contribution >= 4 is 56.8 Å². The summed E-state index contributed by atoms with van der Waals surface area (Å²) in [6, 6.07) is 9.88. The maximum Gasteiger partial charge on any atom is 0.348 e. The van der Waals surface area contributed by atoms with Crippen LogP contribution in [0.4, 0.5) is 5.00 Å². The predicted molar refractivity (Wildman–Crippen MR) is 150 cm³/mol. The van der Waals surface area contributed by atoms with Gasteiger partial charge in [-0.05, 0) is 61.4 Å². The summed E-state index contributed by atoms with van der Waals surface area (Å²) in [4.78, 5) is 51.1. The van der Waals surface area contributed by atoms with Gasteiger partial charge in [-0.1, -0.05) is 11.6 Å². The first-order valence-corrected chi connectivity index (χ1v) is 12.9. The van der Waals surface area contributed by atoms with Crippen LogP contribution in [0.1, 0.15) is 31.2 Å². The quantitative estimate of drug-likeness (QED) is 0.270. The van der Waals surface area contributed by atoms with Gasteiger partial charge < -0.3 is 28.7 Å². The van der Waals surface area contributed by atoms with E-state index in [0.717, 1.165) is 11.3 Å². The van der Waals surface area contributed by atoms with E-state index in [1.807, 2.05) is 0 Å². The lowest BCUT2D eigenvalue weighted by Crippen LogP contribution is -2.23. The molecular weight excluding hydrogens is 562 g/mol. The number of esters is 2. The SMILES string of the molecule is COC(=O)c1sc(NC(=O)COc2c(-c3ccc(OC)cc3)oc3cc(C)c(Cl)cc3c2=O)c(C(=O)OC)c1C. The second-order valence-corrected chi connectivity index (χ2v) is 9.92. The number of hydrogen-bond acceptors (Lipinski definition) is 10. The second kappa shape index (κ2) is 11.8. The van der Waals surface area contributed by atoms with Crippen LogP contribution in [0.2, 0.25) is 5.02 Å². The molecule has 0 spiro atoms. The Kier molecular flexibility index (Phi) is 8.46. The standard InChI is InChI=1S/C28H24ClNO9S/c1-13-10-19-17(11-18(13)29)22(32)24(23(39-19)15-6-8-16(35-3)9-7-15)38-12-20(31)30-26-21(27(33)36-4)14(2)25(40-26)28(34)37-5/h6-11H,12H2,1-5H3,(H,30,31). The van der Waals surface area contributed by atoms with Crippen LogP contribution in [0.5, 0.6) is 11.5 Å². The van der Waals surface area contributed by atoms with Gasteiger partial charge in [-0.2, -0.15) is 0 Å². The van der Waals surface area contributed by atoms with Crippen molar-refractivity contribution in [3.05, 3.63) is 73.2 Å². The van der Waals surface area contributed by atoms with Crippen molar-refractivity contribution in [1.29, 1.82) is 0 Å². The number of benzene rings is 2. The van der Waals surface area contributed by atoms with E-state index in [9.17, 15) is 19.2 Å². The van der Waals surface area contributed by atoms with Gasteiger partial charge in [0.25, 0.3) is 5.91 Å². The minimum atomic E-state index is -0.746. The summed E-state index contributed by atoms with van der Waals surface area (Å²) in [7, 11) is 3.91. The molecule has 4 aromatic rings. The number of rotatable bonds is 8. The number of anilines is 1. The summed E-state index contributed by atoms with van der Waals surface area (Å²) in [5.74, 6) is -1.64. The molecule has 0 atom stereocenters. The number of nitrogens with one attached hydrogen (secondary N) is 1. The first-order valence-electron chi connectivity index (χ1n) is 11.7. The molecule has 12 heteroatoms. The molecule has 1 N–H and O–H groups in total. The third-order valence-electron chi connectivity index (χ3n) is 5.99. The molecule has 0 aliphatic carbocycles. The maximum atomic E-state index is 13.5. The molecule has 2 heterocycles. The number of halogens is 1. The van der Waals surface area contributed by atoms with Gasteiger partial charge >= 0.3 is 11.9 Å². The molecule has 10 nitrogen and oxygen atoms in total. The average molecular weight is 586 g/mol. The van der Waals surface area contributed by atoms with Crippen molar-refractivity contribution in [2.75, 3.05) is 33.3 Å². The van der Waals surface area contributed by atoms with Crippen LogP contribution in [0.3, 0.4) is 0 Å². The number of amides is 1. The van der Waals surface area contributed by atoms with Gasteiger partial charge in [-0.25, -0.2) is 9.59 Å². The van der Waals surface area contributed by atoms with Crippen LogP contribution >= 0.6 is 22.9 Å². The largest absolute Gasteiger partial charge is 0.497 e. The minimum Gasteiger partial charge on any atom is -0.497 e. The molecule has 0 saturated heterocycles. The van der Waals surface area contributed by atoms with Gasteiger partial charge in [-0.3, -0.25) is 9.59 Å². The van der Waals surface area contributed by atoms with Crippen LogP contribution < -0.4 is 20.2 Å². The van der Waals surface area contributed by atoms with Crippen molar-refractivity contribution in [1.82, 2.24) is 0 Å². The third kappa shape index (κ3) is 5.51. The van der Waals surface area contributed by atoms with E-state index in [-0.39, 0.29) is 32.3 Å². The van der Waals surface area contributed by atoms with Crippen LogP contribution in [0.25, 0.3) is 22.3 Å². The molecule has 4 rings (SSSR count). The van der Waals surface area contributed by atoms with E-state index in [0.29, 0.717) is 33.0 Å². The zero-order valence-electron chi connectivity index (χ0n) is 22.1. The van der Waals surface area contributed by atoms with Gasteiger partial charge in [0.2, 0.25) is 11.2 Å². The fourth-order valence-corrected chi connectivity index (χ4v) is 5.19. The van der Waals surface area contributed by atoms with Crippen molar-refractivity contribution in [3.63, 3.8) is 0 Å². The first-order chi connectivity index (χ1) is 19.1. The molecule has 2 aromatic carbocycles. The summed E-state index contributed by atoms with van der Waals surface area (Å²) in [6.07, 6.45) is 0. The number of hydrogen-bond donors (Lipinski definition) is 1. The topological polar surface area (TPSA) is 130 Å². The lowest BCUT2D eigenvalue weighted by Gasteiger charge is -2.13. The zero-order valence-corrected chi connectivity index (χ0v) is 23.7.